The van der Waals surface area contributed by atoms with E-state index in [1.807, 2.05) is 24.3 Å². The summed E-state index contributed by atoms with van der Waals surface area (Å²) in [5, 5.41) is 4.41. The number of H-pyrrole nitrogens is 1. The Morgan fingerprint density at radius 3 is 2.70 bits per heavy atom. The maximum atomic E-state index is 12.9. The van der Waals surface area contributed by atoms with Gasteiger partial charge < -0.3 is 20.8 Å². The predicted octanol–water partition coefficient (Wildman–Crippen LogP) is 4.22. The number of halogens is 1. The second-order valence-electron chi connectivity index (χ2n) is 7.89. The molecule has 1 heterocycles. The van der Waals surface area contributed by atoms with Crippen LogP contribution in [-0.4, -0.2) is 31.1 Å². The molecular weight excluding hydrogens is 398 g/mol. The van der Waals surface area contributed by atoms with Gasteiger partial charge in [0.15, 0.2) is 0 Å². The quantitative estimate of drug-likeness (QED) is 0.528. The SMILES string of the molecule is COc1ccc(C(CNC(=O)[C@@H]2CCC[C@@H]2CN)c2c[nH]c3ccccc23)cc1.Cl. The lowest BCUT2D eigenvalue weighted by atomic mass is 9.90. The number of hydrogen-bond donors (Lipinski definition) is 3. The molecule has 3 atom stereocenters. The van der Waals surface area contributed by atoms with Crippen LogP contribution in [-0.2, 0) is 4.79 Å². The van der Waals surface area contributed by atoms with E-state index in [0.29, 0.717) is 19.0 Å². The van der Waals surface area contributed by atoms with Gasteiger partial charge in [0.25, 0.3) is 0 Å². The molecule has 5 nitrogen and oxygen atoms in total. The average Bonchev–Trinajstić information content (AvgIpc) is 3.41. The first-order valence-corrected chi connectivity index (χ1v) is 10.4. The van der Waals surface area contributed by atoms with E-state index in [1.165, 1.54) is 10.9 Å². The number of benzene rings is 2. The summed E-state index contributed by atoms with van der Waals surface area (Å²) in [6, 6.07) is 16.4. The molecule has 4 N–H and O–H groups in total. The third kappa shape index (κ3) is 4.47. The fourth-order valence-electron chi connectivity index (χ4n) is 4.62. The number of aromatic nitrogens is 1. The Morgan fingerprint density at radius 2 is 1.97 bits per heavy atom. The molecule has 1 amide bonds. The number of para-hydroxylation sites is 1. The zero-order valence-corrected chi connectivity index (χ0v) is 18.1. The fraction of sp³-hybridized carbons (Fsp3) is 0.375. The average molecular weight is 428 g/mol. The first-order chi connectivity index (χ1) is 14.2. The van der Waals surface area contributed by atoms with Crippen molar-refractivity contribution in [1.29, 1.82) is 0 Å². The zero-order chi connectivity index (χ0) is 20.2. The van der Waals surface area contributed by atoms with Gasteiger partial charge in [0, 0.05) is 35.5 Å². The van der Waals surface area contributed by atoms with E-state index < -0.39 is 0 Å². The molecule has 0 radical (unpaired) electrons. The van der Waals surface area contributed by atoms with Gasteiger partial charge in [0.05, 0.1) is 7.11 Å². The van der Waals surface area contributed by atoms with Gasteiger partial charge in [0.1, 0.15) is 5.75 Å². The molecule has 0 aliphatic heterocycles. The van der Waals surface area contributed by atoms with E-state index in [9.17, 15) is 4.79 Å². The Labute approximate surface area is 183 Å². The molecule has 1 aromatic heterocycles. The number of carbonyl (C=O) groups is 1. The van der Waals surface area contributed by atoms with Crippen molar-refractivity contribution in [3.05, 3.63) is 65.9 Å². The standard InChI is InChI=1S/C24H29N3O2.ClH/c1-29-18-11-9-16(10-12-18)21(22-15-26-23-8-3-2-6-20(22)23)14-27-24(28)19-7-4-5-17(19)13-25;/h2-3,6,8-12,15,17,19,21,26H,4-5,7,13-14,25H2,1H3,(H,27,28);1H/t17-,19-,21?;/m1./s1. The summed E-state index contributed by atoms with van der Waals surface area (Å²) < 4.78 is 5.31. The minimum absolute atomic E-state index is 0. The minimum Gasteiger partial charge on any atom is -0.497 e. The molecule has 2 aromatic carbocycles. The highest BCUT2D eigenvalue weighted by atomic mass is 35.5. The van der Waals surface area contributed by atoms with Gasteiger partial charge in [-0.2, -0.15) is 0 Å². The van der Waals surface area contributed by atoms with Crippen molar-refractivity contribution in [2.45, 2.75) is 25.2 Å². The molecule has 6 heteroatoms. The van der Waals surface area contributed by atoms with Crippen LogP contribution in [0.2, 0.25) is 0 Å². The minimum atomic E-state index is 0. The van der Waals surface area contributed by atoms with Crippen LogP contribution < -0.4 is 15.8 Å². The van der Waals surface area contributed by atoms with Crippen molar-refractivity contribution in [3.63, 3.8) is 0 Å². The van der Waals surface area contributed by atoms with Crippen molar-refractivity contribution < 1.29 is 9.53 Å². The molecule has 1 saturated carbocycles. The maximum Gasteiger partial charge on any atom is 0.223 e. The first kappa shape index (κ1) is 22.2. The van der Waals surface area contributed by atoms with Crippen LogP contribution >= 0.6 is 12.4 Å². The molecule has 1 aliphatic rings. The van der Waals surface area contributed by atoms with Crippen LogP contribution in [0.1, 0.15) is 36.3 Å². The van der Waals surface area contributed by atoms with E-state index in [4.69, 9.17) is 10.5 Å². The van der Waals surface area contributed by atoms with Gasteiger partial charge in [-0.1, -0.05) is 36.8 Å². The summed E-state index contributed by atoms with van der Waals surface area (Å²) >= 11 is 0. The highest BCUT2D eigenvalue weighted by Gasteiger charge is 2.32. The normalized spacial score (nSPS) is 19.3. The molecule has 0 bridgehead atoms. The predicted molar refractivity (Wildman–Crippen MR) is 123 cm³/mol. The molecule has 30 heavy (non-hydrogen) atoms. The van der Waals surface area contributed by atoms with Gasteiger partial charge in [-0.15, -0.1) is 12.4 Å². The van der Waals surface area contributed by atoms with E-state index in [0.717, 1.165) is 36.1 Å². The second kappa shape index (κ2) is 10.0. The second-order valence-corrected chi connectivity index (χ2v) is 7.89. The van der Waals surface area contributed by atoms with Gasteiger partial charge in [0.2, 0.25) is 5.91 Å². The van der Waals surface area contributed by atoms with E-state index in [-0.39, 0.29) is 30.2 Å². The lowest BCUT2D eigenvalue weighted by molar-refractivity contribution is -0.125. The Hall–Kier alpha value is -2.50. The van der Waals surface area contributed by atoms with Crippen LogP contribution in [0.5, 0.6) is 5.75 Å². The van der Waals surface area contributed by atoms with Gasteiger partial charge in [-0.05, 0) is 54.6 Å². The van der Waals surface area contributed by atoms with Crippen LogP contribution in [0.3, 0.4) is 0 Å². The number of amides is 1. The Bertz CT molecular complexity index is 970. The van der Waals surface area contributed by atoms with E-state index in [1.54, 1.807) is 7.11 Å². The molecule has 1 aliphatic carbocycles. The van der Waals surface area contributed by atoms with Crippen molar-refractivity contribution in [1.82, 2.24) is 10.3 Å². The number of hydrogen-bond acceptors (Lipinski definition) is 3. The Balaban J connectivity index is 0.00000256. The number of nitrogens with one attached hydrogen (secondary N) is 2. The summed E-state index contributed by atoms with van der Waals surface area (Å²) in [4.78, 5) is 16.3. The largest absolute Gasteiger partial charge is 0.497 e. The lowest BCUT2D eigenvalue weighted by Gasteiger charge is -2.22. The topological polar surface area (TPSA) is 80.1 Å². The van der Waals surface area contributed by atoms with Crippen molar-refractivity contribution in [2.75, 3.05) is 20.2 Å². The number of methoxy groups -OCH3 is 1. The maximum absolute atomic E-state index is 12.9. The summed E-state index contributed by atoms with van der Waals surface area (Å²) in [5.41, 5.74) is 9.32. The van der Waals surface area contributed by atoms with Gasteiger partial charge in [-0.25, -0.2) is 0 Å². The number of nitrogens with two attached hydrogens (primary N) is 1. The number of aromatic amines is 1. The third-order valence-corrected chi connectivity index (χ3v) is 6.29. The highest BCUT2D eigenvalue weighted by molar-refractivity contribution is 5.85. The Kier molecular flexibility index (Phi) is 7.40. The molecule has 0 spiro atoms. The first-order valence-electron chi connectivity index (χ1n) is 10.4. The summed E-state index contributed by atoms with van der Waals surface area (Å²) in [5.74, 6) is 1.37. The third-order valence-electron chi connectivity index (χ3n) is 6.29. The van der Waals surface area contributed by atoms with Crippen LogP contribution in [0, 0.1) is 11.8 Å². The molecule has 3 aromatic rings. The number of rotatable bonds is 7. The summed E-state index contributed by atoms with van der Waals surface area (Å²) in [7, 11) is 1.67. The van der Waals surface area contributed by atoms with E-state index in [2.05, 4.69) is 40.8 Å². The molecule has 0 saturated heterocycles. The summed E-state index contributed by atoms with van der Waals surface area (Å²) in [6.45, 7) is 1.14. The molecular formula is C24H30ClN3O2. The zero-order valence-electron chi connectivity index (χ0n) is 17.3. The molecule has 1 unspecified atom stereocenters. The van der Waals surface area contributed by atoms with Gasteiger partial charge >= 0.3 is 0 Å². The highest BCUT2D eigenvalue weighted by Crippen LogP contribution is 2.33. The van der Waals surface area contributed by atoms with Crippen molar-refractivity contribution in [3.8, 4) is 5.75 Å². The fourth-order valence-corrected chi connectivity index (χ4v) is 4.62. The number of fused-ring (bicyclic) bond motifs is 1. The monoisotopic (exact) mass is 427 g/mol. The van der Waals surface area contributed by atoms with Crippen molar-refractivity contribution in [2.24, 2.45) is 17.6 Å². The number of carbonyl (C=O) groups excluding carboxylic acids is 1. The number of ether oxygens (including phenoxy) is 1. The van der Waals surface area contributed by atoms with Crippen molar-refractivity contribution >= 4 is 29.2 Å². The van der Waals surface area contributed by atoms with Crippen LogP contribution in [0.15, 0.2) is 54.7 Å². The lowest BCUT2D eigenvalue weighted by Crippen LogP contribution is -2.37. The van der Waals surface area contributed by atoms with Crippen LogP contribution in [0.4, 0.5) is 0 Å². The summed E-state index contributed by atoms with van der Waals surface area (Å²) in [6.07, 6.45) is 5.14. The Morgan fingerprint density at radius 1 is 1.20 bits per heavy atom. The van der Waals surface area contributed by atoms with Gasteiger partial charge in [-0.3, -0.25) is 4.79 Å². The van der Waals surface area contributed by atoms with E-state index >= 15 is 0 Å². The molecule has 160 valence electrons. The molecule has 4 rings (SSSR count). The van der Waals surface area contributed by atoms with Crippen LogP contribution in [0.25, 0.3) is 10.9 Å². The smallest absolute Gasteiger partial charge is 0.223 e. The molecule has 1 fully saturated rings.